The Morgan fingerprint density at radius 2 is 2.40 bits per heavy atom. The molecule has 1 unspecified atom stereocenters. The minimum absolute atomic E-state index is 0.327. The highest BCUT2D eigenvalue weighted by atomic mass is 16.6. The van der Waals surface area contributed by atoms with Gasteiger partial charge in [0.2, 0.25) is 0 Å². The van der Waals surface area contributed by atoms with E-state index in [1.54, 1.807) is 4.90 Å². The van der Waals surface area contributed by atoms with Crippen molar-refractivity contribution in [3.63, 3.8) is 0 Å². The van der Waals surface area contributed by atoms with Gasteiger partial charge in [0.25, 0.3) is 0 Å². The lowest BCUT2D eigenvalue weighted by atomic mass is 10.2. The summed E-state index contributed by atoms with van der Waals surface area (Å²) in [5.74, 6) is 0.337. The van der Waals surface area contributed by atoms with Gasteiger partial charge >= 0.3 is 6.09 Å². The minimum Gasteiger partial charge on any atom is -0.449 e. The van der Waals surface area contributed by atoms with Crippen molar-refractivity contribution in [2.75, 3.05) is 32.8 Å². The molecule has 1 heterocycles. The van der Waals surface area contributed by atoms with Gasteiger partial charge in [-0.3, -0.25) is 0 Å². The zero-order valence-corrected chi connectivity index (χ0v) is 9.40. The van der Waals surface area contributed by atoms with E-state index in [0.29, 0.717) is 38.7 Å². The fourth-order valence-corrected chi connectivity index (χ4v) is 1.39. The molecule has 0 spiro atoms. The second-order valence-corrected chi connectivity index (χ2v) is 4.27. The molecule has 1 aliphatic heterocycles. The first-order valence-electron chi connectivity index (χ1n) is 5.40. The number of aliphatic hydroxyl groups excluding tert-OH is 1. The van der Waals surface area contributed by atoms with Crippen molar-refractivity contribution in [3.05, 3.63) is 0 Å². The second-order valence-electron chi connectivity index (χ2n) is 4.27. The van der Waals surface area contributed by atoms with Crippen LogP contribution in [0.2, 0.25) is 0 Å². The first-order chi connectivity index (χ1) is 7.09. The first kappa shape index (κ1) is 12.3. The zero-order chi connectivity index (χ0) is 11.3. The van der Waals surface area contributed by atoms with Crippen molar-refractivity contribution in [3.8, 4) is 0 Å². The van der Waals surface area contributed by atoms with Crippen LogP contribution in [0.25, 0.3) is 0 Å². The molecule has 0 bridgehead atoms. The highest BCUT2D eigenvalue weighted by Crippen LogP contribution is 2.01. The molecule has 5 nitrogen and oxygen atoms in total. The van der Waals surface area contributed by atoms with E-state index in [1.807, 2.05) is 13.8 Å². The van der Waals surface area contributed by atoms with Crippen molar-refractivity contribution >= 4 is 6.09 Å². The van der Waals surface area contributed by atoms with Crippen LogP contribution in [0.1, 0.15) is 13.8 Å². The fraction of sp³-hybridized carbons (Fsp3) is 0.900. The monoisotopic (exact) mass is 216 g/mol. The molecule has 0 aliphatic carbocycles. The second kappa shape index (κ2) is 5.92. The van der Waals surface area contributed by atoms with Crippen LogP contribution in [0.15, 0.2) is 0 Å². The van der Waals surface area contributed by atoms with Crippen LogP contribution in [0.3, 0.4) is 0 Å². The maximum Gasteiger partial charge on any atom is 0.409 e. The normalized spacial score (nSPS) is 22.7. The van der Waals surface area contributed by atoms with Gasteiger partial charge in [-0.15, -0.1) is 0 Å². The largest absolute Gasteiger partial charge is 0.449 e. The highest BCUT2D eigenvalue weighted by molar-refractivity contribution is 5.67. The Morgan fingerprint density at radius 1 is 1.67 bits per heavy atom. The van der Waals surface area contributed by atoms with E-state index < -0.39 is 6.10 Å². The van der Waals surface area contributed by atoms with Gasteiger partial charge in [0.05, 0.1) is 19.3 Å². The van der Waals surface area contributed by atoms with Gasteiger partial charge in [-0.25, -0.2) is 4.79 Å². The van der Waals surface area contributed by atoms with Crippen molar-refractivity contribution in [1.29, 1.82) is 0 Å². The lowest BCUT2D eigenvalue weighted by Crippen LogP contribution is -2.38. The minimum atomic E-state index is -0.501. The van der Waals surface area contributed by atoms with Crippen molar-refractivity contribution in [2.45, 2.75) is 20.0 Å². The van der Waals surface area contributed by atoms with Gasteiger partial charge in [0.1, 0.15) is 0 Å². The van der Waals surface area contributed by atoms with E-state index >= 15 is 0 Å². The van der Waals surface area contributed by atoms with Crippen molar-refractivity contribution in [1.82, 2.24) is 10.2 Å². The summed E-state index contributed by atoms with van der Waals surface area (Å²) in [6.45, 7) is 6.59. The average Bonchev–Trinajstić information content (AvgIpc) is 2.39. The number of carbonyl (C=O) groups excluding carboxylic acids is 1. The molecule has 15 heavy (non-hydrogen) atoms. The Hall–Kier alpha value is -0.810. The molecule has 0 aromatic rings. The number of amides is 1. The summed E-state index contributed by atoms with van der Waals surface area (Å²) >= 11 is 0. The number of ether oxygens (including phenoxy) is 1. The van der Waals surface area contributed by atoms with E-state index in [-0.39, 0.29) is 6.09 Å². The van der Waals surface area contributed by atoms with Crippen LogP contribution >= 0.6 is 0 Å². The van der Waals surface area contributed by atoms with Crippen LogP contribution in [0.5, 0.6) is 0 Å². The summed E-state index contributed by atoms with van der Waals surface area (Å²) in [5, 5.41) is 12.5. The Kier molecular flexibility index (Phi) is 4.84. The van der Waals surface area contributed by atoms with Gasteiger partial charge in [-0.2, -0.15) is 0 Å². The molecule has 5 heteroatoms. The lowest BCUT2D eigenvalue weighted by molar-refractivity contribution is 0.0751. The molecule has 1 saturated heterocycles. The quantitative estimate of drug-likeness (QED) is 0.684. The molecular weight excluding hydrogens is 196 g/mol. The van der Waals surface area contributed by atoms with E-state index in [0.717, 1.165) is 0 Å². The Balaban J connectivity index is 2.36. The van der Waals surface area contributed by atoms with Gasteiger partial charge < -0.3 is 20.1 Å². The summed E-state index contributed by atoms with van der Waals surface area (Å²) in [6, 6.07) is 0. The number of hydrogen-bond acceptors (Lipinski definition) is 4. The topological polar surface area (TPSA) is 61.8 Å². The van der Waals surface area contributed by atoms with Crippen LogP contribution in [0, 0.1) is 5.92 Å². The number of hydrogen-bond donors (Lipinski definition) is 2. The Labute approximate surface area is 90.4 Å². The third-order valence-electron chi connectivity index (χ3n) is 2.17. The maximum atomic E-state index is 11.6. The van der Waals surface area contributed by atoms with Crippen LogP contribution < -0.4 is 5.32 Å². The Morgan fingerprint density at radius 3 is 3.07 bits per heavy atom. The number of carbonyl (C=O) groups is 1. The zero-order valence-electron chi connectivity index (χ0n) is 9.40. The number of aliphatic hydroxyl groups is 1. The van der Waals surface area contributed by atoms with Gasteiger partial charge in [0, 0.05) is 19.6 Å². The molecule has 0 aromatic heterocycles. The fourth-order valence-electron chi connectivity index (χ4n) is 1.39. The lowest BCUT2D eigenvalue weighted by Gasteiger charge is -2.21. The van der Waals surface area contributed by atoms with E-state index in [1.165, 1.54) is 0 Å². The molecule has 0 saturated carbocycles. The molecule has 1 rings (SSSR count). The molecule has 1 aliphatic rings. The van der Waals surface area contributed by atoms with Gasteiger partial charge in [-0.05, 0) is 5.92 Å². The van der Waals surface area contributed by atoms with Crippen molar-refractivity contribution < 1.29 is 14.6 Å². The van der Waals surface area contributed by atoms with Crippen LogP contribution in [-0.2, 0) is 4.74 Å². The molecular formula is C10H20N2O3. The predicted molar refractivity (Wildman–Crippen MR) is 56.6 cm³/mol. The first-order valence-corrected chi connectivity index (χ1v) is 5.40. The molecule has 0 aromatic carbocycles. The third-order valence-corrected chi connectivity index (χ3v) is 2.17. The summed E-state index contributed by atoms with van der Waals surface area (Å²) in [5.41, 5.74) is 0. The highest BCUT2D eigenvalue weighted by Gasteiger charge is 2.21. The Bertz CT molecular complexity index is 209. The predicted octanol–water partition coefficient (Wildman–Crippen LogP) is 0.0451. The van der Waals surface area contributed by atoms with Crippen LogP contribution in [-0.4, -0.2) is 55.0 Å². The van der Waals surface area contributed by atoms with Crippen LogP contribution in [0.4, 0.5) is 4.79 Å². The number of rotatable bonds is 2. The molecule has 1 atom stereocenters. The van der Waals surface area contributed by atoms with Crippen molar-refractivity contribution in [2.24, 2.45) is 5.92 Å². The number of nitrogens with one attached hydrogen (secondary N) is 1. The molecule has 1 fully saturated rings. The number of β-amino-alcohol motifs (C(OH)–C–C–N with tert-alkyl or cyclic N) is 1. The van der Waals surface area contributed by atoms with Gasteiger partial charge in [-0.1, -0.05) is 13.8 Å². The summed E-state index contributed by atoms with van der Waals surface area (Å²) < 4.78 is 5.09. The SMILES string of the molecule is CC(C)COC(=O)N1CCNCC(O)C1. The smallest absolute Gasteiger partial charge is 0.409 e. The summed E-state index contributed by atoms with van der Waals surface area (Å²) in [4.78, 5) is 13.1. The molecule has 88 valence electrons. The maximum absolute atomic E-state index is 11.6. The number of nitrogens with zero attached hydrogens (tertiary/aromatic N) is 1. The summed E-state index contributed by atoms with van der Waals surface area (Å²) in [6.07, 6.45) is -0.828. The van der Waals surface area contributed by atoms with E-state index in [4.69, 9.17) is 4.74 Å². The molecule has 2 N–H and O–H groups in total. The third kappa shape index (κ3) is 4.48. The summed E-state index contributed by atoms with van der Waals surface area (Å²) in [7, 11) is 0. The molecule has 0 radical (unpaired) electrons. The van der Waals surface area contributed by atoms with E-state index in [9.17, 15) is 9.90 Å². The molecule has 1 amide bonds. The average molecular weight is 216 g/mol. The standard InChI is InChI=1S/C10H20N2O3/c1-8(2)7-15-10(14)12-4-3-11-5-9(13)6-12/h8-9,11,13H,3-7H2,1-2H3. The van der Waals surface area contributed by atoms with E-state index in [2.05, 4.69) is 5.32 Å². The van der Waals surface area contributed by atoms with Gasteiger partial charge in [0.15, 0.2) is 0 Å².